The minimum Gasteiger partial charge on any atom is -0.456 e. The second kappa shape index (κ2) is 10.9. The maximum Gasteiger partial charge on any atom is 0.356 e. The highest BCUT2D eigenvalue weighted by atomic mass is 32.2. The number of fused-ring (bicyclic) bond motifs is 1. The van der Waals surface area contributed by atoms with E-state index in [1.54, 1.807) is 17.2 Å². The number of carbonyl (C=O) groups excluding carboxylic acids is 3. The number of carbonyl (C=O) groups is 3. The summed E-state index contributed by atoms with van der Waals surface area (Å²) in [5.41, 5.74) is 0.784. The third-order valence-corrected chi connectivity index (χ3v) is 7.45. The quantitative estimate of drug-likeness (QED) is 0.228. The van der Waals surface area contributed by atoms with Crippen LogP contribution in [0.1, 0.15) is 32.8 Å². The van der Waals surface area contributed by atoms with Gasteiger partial charge in [-0.3, -0.25) is 19.7 Å². The van der Waals surface area contributed by atoms with Crippen molar-refractivity contribution in [3.05, 3.63) is 62.2 Å². The van der Waals surface area contributed by atoms with Crippen LogP contribution in [0.2, 0.25) is 0 Å². The lowest BCUT2D eigenvalue weighted by molar-refractivity contribution is -0.384. The minimum atomic E-state index is -0.617. The highest BCUT2D eigenvalue weighted by Crippen LogP contribution is 2.49. The molecule has 0 radical (unpaired) electrons. The number of hydrogen-bond acceptors (Lipinski definition) is 8. The summed E-state index contributed by atoms with van der Waals surface area (Å²) < 4.78 is 5.46. The number of ether oxygens (including phenoxy) is 1. The molecule has 0 aliphatic carbocycles. The molecule has 1 aromatic carbocycles. The number of β-lactam (4-membered cyclic amide) rings is 1. The Balaban J connectivity index is 1.74. The first-order valence-corrected chi connectivity index (χ1v) is 12.3. The molecule has 1 saturated heterocycles. The van der Waals surface area contributed by atoms with E-state index < -0.39 is 10.9 Å². The fourth-order valence-corrected chi connectivity index (χ4v) is 5.77. The number of non-ortho nitro benzene ring substituents is 1. The molecule has 1 fully saturated rings. The largest absolute Gasteiger partial charge is 0.456 e. The van der Waals surface area contributed by atoms with E-state index in [4.69, 9.17) is 4.74 Å². The Bertz CT molecular complexity index is 1010. The van der Waals surface area contributed by atoms with E-state index in [-0.39, 0.29) is 47.0 Å². The molecule has 0 aromatic heterocycles. The van der Waals surface area contributed by atoms with E-state index in [1.807, 2.05) is 13.8 Å². The Labute approximate surface area is 200 Å². The molecular formula is C22H25N3O6S2. The summed E-state index contributed by atoms with van der Waals surface area (Å²) in [5, 5.41) is 15.2. The number of benzene rings is 1. The van der Waals surface area contributed by atoms with Gasteiger partial charge in [-0.05, 0) is 28.9 Å². The normalized spacial score (nSPS) is 20.5. The average molecular weight is 492 g/mol. The van der Waals surface area contributed by atoms with Crippen LogP contribution in [-0.4, -0.2) is 44.7 Å². The second-order valence-electron chi connectivity index (χ2n) is 7.56. The first-order chi connectivity index (χ1) is 15.7. The van der Waals surface area contributed by atoms with Gasteiger partial charge in [0.1, 0.15) is 12.3 Å². The van der Waals surface area contributed by atoms with Gasteiger partial charge in [-0.25, -0.2) is 4.79 Å². The van der Waals surface area contributed by atoms with Crippen molar-refractivity contribution in [2.45, 2.75) is 45.1 Å². The van der Waals surface area contributed by atoms with Gasteiger partial charge < -0.3 is 15.0 Å². The van der Waals surface area contributed by atoms with Gasteiger partial charge in [0.25, 0.3) is 5.69 Å². The number of hydrogen-bond donors (Lipinski definition) is 1. The number of amides is 2. The Morgan fingerprint density at radius 3 is 2.67 bits per heavy atom. The molecule has 0 unspecified atom stereocenters. The number of nitrogens with one attached hydrogen (secondary N) is 1. The van der Waals surface area contributed by atoms with E-state index in [0.29, 0.717) is 16.9 Å². The summed E-state index contributed by atoms with van der Waals surface area (Å²) in [6.07, 6.45) is 2.03. The third kappa shape index (κ3) is 5.59. The van der Waals surface area contributed by atoms with E-state index in [9.17, 15) is 24.5 Å². The molecule has 2 aliphatic heterocycles. The predicted molar refractivity (Wildman–Crippen MR) is 127 cm³/mol. The Hall–Kier alpha value is -2.79. The number of esters is 1. The summed E-state index contributed by atoms with van der Waals surface area (Å²) >= 11 is 2.99. The van der Waals surface area contributed by atoms with Crippen molar-refractivity contribution < 1.29 is 24.0 Å². The standard InChI is InChI=1S/C22H25N3O6S2/c1-4-32-13(2)19-17-11-18(33-10-9-23-14(3)26)20(24(17)21(19)27)22(28)31-12-15-5-7-16(8-6-15)25(29)30/h5-10,13,17,19H,4,11-12H2,1-3H3,(H,23,26)/b10-9+/t13-,17-,19-/m1/s1. The van der Waals surface area contributed by atoms with Gasteiger partial charge in [-0.2, -0.15) is 11.8 Å². The van der Waals surface area contributed by atoms with E-state index in [2.05, 4.69) is 5.32 Å². The van der Waals surface area contributed by atoms with Crippen LogP contribution in [0.15, 0.2) is 46.5 Å². The number of thioether (sulfide) groups is 2. The molecule has 1 N–H and O–H groups in total. The SMILES string of the molecule is CCS[C@H](C)[C@H]1C(=O)N2C(C(=O)OCc3ccc([N+](=O)[O-])cc3)=C(S/C=C/NC(C)=O)C[C@H]12. The first-order valence-electron chi connectivity index (χ1n) is 10.4. The zero-order chi connectivity index (χ0) is 24.1. The summed E-state index contributed by atoms with van der Waals surface area (Å²) in [7, 11) is 0. The molecule has 3 atom stereocenters. The van der Waals surface area contributed by atoms with Crippen LogP contribution in [0.25, 0.3) is 0 Å². The average Bonchev–Trinajstić information content (AvgIpc) is 3.09. The van der Waals surface area contributed by atoms with Crippen LogP contribution in [0.5, 0.6) is 0 Å². The van der Waals surface area contributed by atoms with Crippen LogP contribution < -0.4 is 5.32 Å². The molecule has 0 spiro atoms. The van der Waals surface area contributed by atoms with E-state index >= 15 is 0 Å². The molecule has 0 saturated carbocycles. The minimum absolute atomic E-state index is 0.0488. The van der Waals surface area contributed by atoms with Crippen molar-refractivity contribution in [3.63, 3.8) is 0 Å². The van der Waals surface area contributed by atoms with Crippen LogP contribution in [0.3, 0.4) is 0 Å². The van der Waals surface area contributed by atoms with Crippen molar-refractivity contribution in [2.75, 3.05) is 5.75 Å². The van der Waals surface area contributed by atoms with Crippen molar-refractivity contribution in [1.29, 1.82) is 0 Å². The maximum atomic E-state index is 13.0. The fraction of sp³-hybridized carbons (Fsp3) is 0.409. The van der Waals surface area contributed by atoms with Gasteiger partial charge in [0.05, 0.1) is 16.9 Å². The molecule has 33 heavy (non-hydrogen) atoms. The second-order valence-corrected chi connectivity index (χ2v) is 10.2. The smallest absolute Gasteiger partial charge is 0.356 e. The summed E-state index contributed by atoms with van der Waals surface area (Å²) in [6.45, 7) is 5.40. The molecule has 176 valence electrons. The number of rotatable bonds is 10. The number of nitro groups is 1. The van der Waals surface area contributed by atoms with Crippen molar-refractivity contribution >= 4 is 47.0 Å². The molecule has 2 heterocycles. The van der Waals surface area contributed by atoms with Gasteiger partial charge in [-0.15, -0.1) is 0 Å². The molecule has 1 aromatic rings. The van der Waals surface area contributed by atoms with Crippen molar-refractivity contribution in [2.24, 2.45) is 5.92 Å². The van der Waals surface area contributed by atoms with Crippen molar-refractivity contribution in [1.82, 2.24) is 10.2 Å². The molecule has 11 heteroatoms. The number of nitrogens with zero attached hydrogens (tertiary/aromatic N) is 2. The van der Waals surface area contributed by atoms with Crippen LogP contribution in [0, 0.1) is 16.0 Å². The van der Waals surface area contributed by atoms with Crippen molar-refractivity contribution in [3.8, 4) is 0 Å². The lowest BCUT2D eigenvalue weighted by Crippen LogP contribution is -2.61. The first kappa shape index (κ1) is 24.8. The lowest BCUT2D eigenvalue weighted by Gasteiger charge is -2.46. The molecule has 3 rings (SSSR count). The molecule has 9 nitrogen and oxygen atoms in total. The van der Waals surface area contributed by atoms with Crippen LogP contribution in [0.4, 0.5) is 5.69 Å². The summed E-state index contributed by atoms with van der Waals surface area (Å²) in [5.74, 6) is -0.175. The predicted octanol–water partition coefficient (Wildman–Crippen LogP) is 3.56. The van der Waals surface area contributed by atoms with E-state index in [1.165, 1.54) is 54.1 Å². The van der Waals surface area contributed by atoms with E-state index in [0.717, 1.165) is 5.75 Å². The Kier molecular flexibility index (Phi) is 8.20. The molecule has 2 amide bonds. The summed E-state index contributed by atoms with van der Waals surface area (Å²) in [6, 6.07) is 5.65. The molecular weight excluding hydrogens is 466 g/mol. The maximum absolute atomic E-state index is 13.0. The van der Waals surface area contributed by atoms with Crippen LogP contribution >= 0.6 is 23.5 Å². The highest BCUT2D eigenvalue weighted by molar-refractivity contribution is 8.05. The Morgan fingerprint density at radius 2 is 2.06 bits per heavy atom. The summed E-state index contributed by atoms with van der Waals surface area (Å²) in [4.78, 5) is 49.5. The monoisotopic (exact) mass is 491 g/mol. The van der Waals surface area contributed by atoms with Gasteiger partial charge in [0, 0.05) is 41.8 Å². The zero-order valence-electron chi connectivity index (χ0n) is 18.5. The van der Waals surface area contributed by atoms with Gasteiger partial charge in [0.2, 0.25) is 11.8 Å². The third-order valence-electron chi connectivity index (χ3n) is 5.38. The van der Waals surface area contributed by atoms with Gasteiger partial charge >= 0.3 is 5.97 Å². The van der Waals surface area contributed by atoms with Gasteiger partial charge in [-0.1, -0.05) is 25.6 Å². The number of nitro benzene ring substituents is 1. The lowest BCUT2D eigenvalue weighted by atomic mass is 9.85. The zero-order valence-corrected chi connectivity index (χ0v) is 20.1. The van der Waals surface area contributed by atoms with Gasteiger partial charge in [0.15, 0.2) is 0 Å². The molecule has 2 aliphatic rings. The Morgan fingerprint density at radius 1 is 1.36 bits per heavy atom. The fourth-order valence-electron chi connectivity index (χ4n) is 3.88. The highest BCUT2D eigenvalue weighted by Gasteiger charge is 2.57. The topological polar surface area (TPSA) is 119 Å². The molecule has 0 bridgehead atoms. The van der Waals surface area contributed by atoms with Crippen LogP contribution in [-0.2, 0) is 25.7 Å².